The van der Waals surface area contributed by atoms with Crippen molar-refractivity contribution < 1.29 is 33.6 Å². The average Bonchev–Trinajstić information content (AvgIpc) is 2.70. The molecule has 0 rings (SSSR count). The second kappa shape index (κ2) is 22.4. The number of rotatable bonds is 22. The van der Waals surface area contributed by atoms with Crippen LogP contribution in [-0.4, -0.2) is 82.9 Å². The summed E-state index contributed by atoms with van der Waals surface area (Å²) in [7, 11) is 0. The van der Waals surface area contributed by atoms with Gasteiger partial charge in [0.1, 0.15) is 0 Å². The first kappa shape index (κ1) is 27.1. The van der Waals surface area contributed by atoms with E-state index in [4.69, 9.17) is 29.6 Å². The Morgan fingerprint density at radius 3 is 2.07 bits per heavy atom. The number of amides is 1. The quantitative estimate of drug-likeness (QED) is 0.118. The van der Waals surface area contributed by atoms with Gasteiger partial charge in [-0.3, -0.25) is 9.59 Å². The Morgan fingerprint density at radius 2 is 1.41 bits per heavy atom. The number of nitrogens with zero attached hydrogens (tertiary/aromatic N) is 3. The largest absolute Gasteiger partial charge is 0.481 e. The van der Waals surface area contributed by atoms with Crippen LogP contribution in [-0.2, 0) is 28.5 Å². The summed E-state index contributed by atoms with van der Waals surface area (Å²) in [6.07, 6.45) is 3.61. The molecule has 0 unspecified atom stereocenters. The molecule has 11 nitrogen and oxygen atoms in total. The third-order valence-electron chi connectivity index (χ3n) is 3.58. The number of hydrogen-bond acceptors (Lipinski definition) is 7. The number of carboxylic acids is 1. The van der Waals surface area contributed by atoms with Gasteiger partial charge < -0.3 is 29.4 Å². The molecule has 0 fully saturated rings. The van der Waals surface area contributed by atoms with E-state index >= 15 is 0 Å². The van der Waals surface area contributed by atoms with Gasteiger partial charge in [-0.2, -0.15) is 0 Å². The van der Waals surface area contributed by atoms with Crippen LogP contribution in [0.5, 0.6) is 0 Å². The summed E-state index contributed by atoms with van der Waals surface area (Å²) in [4.78, 5) is 24.6. The molecule has 2 N–H and O–H groups in total. The molecule has 29 heavy (non-hydrogen) atoms. The lowest BCUT2D eigenvalue weighted by Crippen LogP contribution is -2.26. The summed E-state index contributed by atoms with van der Waals surface area (Å²) in [5, 5.41) is 14.6. The Labute approximate surface area is 171 Å². The normalized spacial score (nSPS) is 10.5. The molecule has 0 radical (unpaired) electrons. The molecule has 0 aromatic rings. The number of hydrogen-bond donors (Lipinski definition) is 2. The van der Waals surface area contributed by atoms with Crippen molar-refractivity contribution in [2.75, 3.05) is 65.9 Å². The zero-order chi connectivity index (χ0) is 21.4. The number of ether oxygens (including phenoxy) is 4. The molecule has 0 spiro atoms. The van der Waals surface area contributed by atoms with Crippen LogP contribution in [0.25, 0.3) is 10.4 Å². The van der Waals surface area contributed by atoms with E-state index in [9.17, 15) is 9.59 Å². The number of aliphatic carboxylic acids is 1. The highest BCUT2D eigenvalue weighted by Crippen LogP contribution is 1.99. The maximum atomic E-state index is 11.6. The van der Waals surface area contributed by atoms with Crippen molar-refractivity contribution >= 4 is 11.9 Å². The van der Waals surface area contributed by atoms with Gasteiger partial charge in [0.05, 0.1) is 39.6 Å². The molecular weight excluding hydrogens is 384 g/mol. The Bertz CT molecular complexity index is 459. The molecule has 168 valence electrons. The molecule has 0 aromatic heterocycles. The molecule has 0 aliphatic rings. The first-order valence-corrected chi connectivity index (χ1v) is 9.97. The fourth-order valence-corrected chi connectivity index (χ4v) is 2.11. The van der Waals surface area contributed by atoms with Crippen LogP contribution in [0.3, 0.4) is 0 Å². The van der Waals surface area contributed by atoms with Crippen molar-refractivity contribution in [3.63, 3.8) is 0 Å². The predicted octanol–water partition coefficient (Wildman–Crippen LogP) is 1.90. The highest BCUT2D eigenvalue weighted by atomic mass is 16.5. The zero-order valence-electron chi connectivity index (χ0n) is 17.1. The van der Waals surface area contributed by atoms with Gasteiger partial charge >= 0.3 is 5.97 Å². The van der Waals surface area contributed by atoms with Crippen molar-refractivity contribution in [2.45, 2.75) is 38.5 Å². The lowest BCUT2D eigenvalue weighted by molar-refractivity contribution is -0.137. The van der Waals surface area contributed by atoms with E-state index in [1.807, 2.05) is 0 Å². The number of unbranched alkanes of at least 4 members (excludes halogenated alkanes) is 2. The minimum Gasteiger partial charge on any atom is -0.481 e. The number of carbonyl (C=O) groups is 2. The van der Waals surface area contributed by atoms with Crippen LogP contribution in [0.1, 0.15) is 38.5 Å². The molecule has 0 saturated heterocycles. The molecular formula is C18H34N4O7. The van der Waals surface area contributed by atoms with Crippen LogP contribution in [0.15, 0.2) is 5.11 Å². The molecule has 0 heterocycles. The van der Waals surface area contributed by atoms with Crippen molar-refractivity contribution in [2.24, 2.45) is 5.11 Å². The summed E-state index contributed by atoms with van der Waals surface area (Å²) in [6.45, 7) is 4.49. The fraction of sp³-hybridized carbons (Fsp3) is 0.889. The minimum atomic E-state index is -0.759. The van der Waals surface area contributed by atoms with Gasteiger partial charge in [-0.1, -0.05) is 11.5 Å². The molecule has 0 saturated carbocycles. The predicted molar refractivity (Wildman–Crippen MR) is 106 cm³/mol. The van der Waals surface area contributed by atoms with E-state index in [1.54, 1.807) is 0 Å². The third-order valence-corrected chi connectivity index (χ3v) is 3.58. The Balaban J connectivity index is 3.18. The molecule has 1 amide bonds. The van der Waals surface area contributed by atoms with Crippen LogP contribution >= 0.6 is 0 Å². The summed E-state index contributed by atoms with van der Waals surface area (Å²) in [5.41, 5.74) is 8.08. The Kier molecular flexibility index (Phi) is 20.9. The van der Waals surface area contributed by atoms with E-state index in [-0.39, 0.29) is 12.3 Å². The number of azide groups is 1. The molecule has 0 bridgehead atoms. The topological polar surface area (TPSA) is 152 Å². The Hall–Kier alpha value is -1.91. The highest BCUT2D eigenvalue weighted by Gasteiger charge is 2.01. The van der Waals surface area contributed by atoms with Gasteiger partial charge in [0.15, 0.2) is 0 Å². The third kappa shape index (κ3) is 24.1. The molecule has 11 heteroatoms. The van der Waals surface area contributed by atoms with Gasteiger partial charge in [-0.25, -0.2) is 0 Å². The molecule has 0 atom stereocenters. The maximum absolute atomic E-state index is 11.6. The fourth-order valence-electron chi connectivity index (χ4n) is 2.11. The maximum Gasteiger partial charge on any atom is 0.303 e. The first-order chi connectivity index (χ1) is 14.2. The molecule has 0 aromatic carbocycles. The minimum absolute atomic E-state index is 0.0690. The lowest BCUT2D eigenvalue weighted by Gasteiger charge is -2.08. The molecule has 0 aliphatic heterocycles. The van der Waals surface area contributed by atoms with Crippen LogP contribution < -0.4 is 5.32 Å². The van der Waals surface area contributed by atoms with Crippen LogP contribution in [0.4, 0.5) is 0 Å². The second-order valence-electron chi connectivity index (χ2n) is 6.06. The summed E-state index contributed by atoms with van der Waals surface area (Å²) >= 11 is 0. The lowest BCUT2D eigenvalue weighted by atomic mass is 10.2. The smallest absolute Gasteiger partial charge is 0.303 e. The van der Waals surface area contributed by atoms with Gasteiger partial charge in [-0.15, -0.1) is 0 Å². The van der Waals surface area contributed by atoms with Crippen molar-refractivity contribution in [1.82, 2.24) is 5.32 Å². The Morgan fingerprint density at radius 1 is 0.793 bits per heavy atom. The number of carboxylic acid groups (broad SMARTS) is 1. The SMILES string of the molecule is [N-]=[N+]=NCCOCCOCCC(=O)NCCCOCCOCCCCCC(=O)O. The molecule has 0 aliphatic carbocycles. The number of carbonyl (C=O) groups excluding carboxylic acids is 1. The van der Waals surface area contributed by atoms with Gasteiger partial charge in [0.2, 0.25) is 5.91 Å². The standard InChI is InChI=1S/C18H34N4O7/c19-22-21-8-12-29-16-15-28-11-6-17(23)20-7-4-10-27-14-13-26-9-3-1-2-5-18(24)25/h1-16H2,(H,20,23)(H,24,25). The first-order valence-electron chi connectivity index (χ1n) is 9.97. The zero-order valence-corrected chi connectivity index (χ0v) is 17.1. The van der Waals surface area contributed by atoms with Gasteiger partial charge in [-0.05, 0) is 24.8 Å². The van der Waals surface area contributed by atoms with Crippen molar-refractivity contribution in [3.05, 3.63) is 10.4 Å². The van der Waals surface area contributed by atoms with E-state index in [0.29, 0.717) is 78.8 Å². The average molecular weight is 418 g/mol. The van der Waals surface area contributed by atoms with Crippen LogP contribution in [0, 0.1) is 0 Å². The van der Waals surface area contributed by atoms with Crippen molar-refractivity contribution in [1.29, 1.82) is 0 Å². The highest BCUT2D eigenvalue weighted by molar-refractivity contribution is 5.75. The van der Waals surface area contributed by atoms with E-state index in [1.165, 1.54) is 0 Å². The summed E-state index contributed by atoms with van der Waals surface area (Å²) < 4.78 is 21.3. The van der Waals surface area contributed by atoms with Gasteiger partial charge in [0.25, 0.3) is 0 Å². The van der Waals surface area contributed by atoms with Crippen molar-refractivity contribution in [3.8, 4) is 0 Å². The van der Waals surface area contributed by atoms with E-state index < -0.39 is 5.97 Å². The van der Waals surface area contributed by atoms with E-state index in [0.717, 1.165) is 19.3 Å². The second-order valence-corrected chi connectivity index (χ2v) is 6.06. The summed E-state index contributed by atoms with van der Waals surface area (Å²) in [6, 6.07) is 0. The number of nitrogens with one attached hydrogen (secondary N) is 1. The van der Waals surface area contributed by atoms with Crippen LogP contribution in [0.2, 0.25) is 0 Å². The summed E-state index contributed by atoms with van der Waals surface area (Å²) in [5.74, 6) is -0.828. The monoisotopic (exact) mass is 418 g/mol. The van der Waals surface area contributed by atoms with E-state index in [2.05, 4.69) is 15.3 Å². The van der Waals surface area contributed by atoms with Gasteiger partial charge in [0, 0.05) is 44.1 Å².